The maximum Gasteiger partial charge on any atom is 0.0214 e. The van der Waals surface area contributed by atoms with Crippen LogP contribution in [0.2, 0.25) is 0 Å². The Hall–Kier alpha value is -0.480. The van der Waals surface area contributed by atoms with Gasteiger partial charge in [-0.3, -0.25) is 0 Å². The van der Waals surface area contributed by atoms with Gasteiger partial charge in [-0.1, -0.05) is 12.8 Å². The number of terminal acetylenes is 1. The van der Waals surface area contributed by atoms with Crippen LogP contribution in [0.1, 0.15) is 38.5 Å². The van der Waals surface area contributed by atoms with Crippen LogP contribution in [0.15, 0.2) is 0 Å². The van der Waals surface area contributed by atoms with Crippen LogP contribution in [0, 0.1) is 24.2 Å². The van der Waals surface area contributed by atoms with Crippen molar-refractivity contribution in [1.82, 2.24) is 4.90 Å². The summed E-state index contributed by atoms with van der Waals surface area (Å²) in [6, 6.07) is 0.828. The Morgan fingerprint density at radius 1 is 1.21 bits per heavy atom. The summed E-state index contributed by atoms with van der Waals surface area (Å²) < 4.78 is 0. The SMILES string of the molecule is C#CCCN(C)C1CC2CCC(C2)C1. The van der Waals surface area contributed by atoms with Crippen molar-refractivity contribution in [1.29, 1.82) is 0 Å². The van der Waals surface area contributed by atoms with E-state index >= 15 is 0 Å². The highest BCUT2D eigenvalue weighted by Gasteiger charge is 2.35. The highest BCUT2D eigenvalue weighted by atomic mass is 15.1. The minimum absolute atomic E-state index is 0.828. The van der Waals surface area contributed by atoms with Gasteiger partial charge in [0.1, 0.15) is 0 Å². The molecular formula is C13H21N. The van der Waals surface area contributed by atoms with Crippen molar-refractivity contribution in [3.63, 3.8) is 0 Å². The zero-order valence-corrected chi connectivity index (χ0v) is 9.21. The third kappa shape index (κ3) is 2.12. The Kier molecular flexibility index (Phi) is 3.13. The number of hydrogen-bond acceptors (Lipinski definition) is 1. The zero-order valence-electron chi connectivity index (χ0n) is 9.21. The van der Waals surface area contributed by atoms with E-state index in [2.05, 4.69) is 17.9 Å². The van der Waals surface area contributed by atoms with E-state index in [0.29, 0.717) is 0 Å². The number of nitrogens with zero attached hydrogens (tertiary/aromatic N) is 1. The molecule has 0 heterocycles. The Morgan fingerprint density at radius 2 is 1.86 bits per heavy atom. The predicted octanol–water partition coefficient (Wildman–Crippen LogP) is 2.52. The minimum Gasteiger partial charge on any atom is -0.302 e. The van der Waals surface area contributed by atoms with Gasteiger partial charge in [0, 0.05) is 19.0 Å². The Bertz CT molecular complexity index is 216. The third-order valence-electron chi connectivity index (χ3n) is 4.09. The lowest BCUT2D eigenvalue weighted by atomic mass is 9.85. The molecule has 2 fully saturated rings. The van der Waals surface area contributed by atoms with Crippen molar-refractivity contribution < 1.29 is 0 Å². The molecule has 1 nitrogen and oxygen atoms in total. The van der Waals surface area contributed by atoms with Gasteiger partial charge in [0.2, 0.25) is 0 Å². The maximum absolute atomic E-state index is 5.30. The van der Waals surface area contributed by atoms with Crippen LogP contribution in [-0.2, 0) is 0 Å². The molecule has 0 aromatic rings. The number of hydrogen-bond donors (Lipinski definition) is 0. The van der Waals surface area contributed by atoms with E-state index in [1.54, 1.807) is 0 Å². The van der Waals surface area contributed by atoms with Crippen molar-refractivity contribution in [2.75, 3.05) is 13.6 Å². The molecule has 0 aliphatic heterocycles. The molecule has 2 saturated carbocycles. The molecule has 2 unspecified atom stereocenters. The molecule has 0 N–H and O–H groups in total. The first-order valence-electron chi connectivity index (χ1n) is 5.93. The second-order valence-electron chi connectivity index (χ2n) is 5.11. The fourth-order valence-electron chi connectivity index (χ4n) is 3.26. The second kappa shape index (κ2) is 4.36. The monoisotopic (exact) mass is 191 g/mol. The fourth-order valence-corrected chi connectivity index (χ4v) is 3.26. The largest absolute Gasteiger partial charge is 0.302 e. The maximum atomic E-state index is 5.30. The molecule has 14 heavy (non-hydrogen) atoms. The molecule has 0 spiro atoms. The molecule has 2 atom stereocenters. The van der Waals surface area contributed by atoms with Crippen molar-refractivity contribution >= 4 is 0 Å². The molecule has 2 rings (SSSR count). The standard InChI is InChI=1S/C13H21N/c1-3-4-7-14(2)13-9-11-5-6-12(8-11)10-13/h1,11-13H,4-10H2,2H3. The first kappa shape index (κ1) is 10.1. The summed E-state index contributed by atoms with van der Waals surface area (Å²) in [5, 5.41) is 0. The summed E-state index contributed by atoms with van der Waals surface area (Å²) in [6.07, 6.45) is 13.6. The lowest BCUT2D eigenvalue weighted by Crippen LogP contribution is -2.37. The van der Waals surface area contributed by atoms with Crippen LogP contribution in [0.5, 0.6) is 0 Å². The molecule has 2 bridgehead atoms. The quantitative estimate of drug-likeness (QED) is 0.620. The van der Waals surface area contributed by atoms with E-state index in [4.69, 9.17) is 6.42 Å². The van der Waals surface area contributed by atoms with Crippen LogP contribution in [-0.4, -0.2) is 24.5 Å². The van der Waals surface area contributed by atoms with Crippen LogP contribution >= 0.6 is 0 Å². The van der Waals surface area contributed by atoms with Crippen LogP contribution < -0.4 is 0 Å². The summed E-state index contributed by atoms with van der Waals surface area (Å²) in [5.41, 5.74) is 0. The lowest BCUT2D eigenvalue weighted by Gasteiger charge is -2.34. The first-order chi connectivity index (χ1) is 6.79. The molecule has 0 radical (unpaired) electrons. The highest BCUT2D eigenvalue weighted by Crippen LogP contribution is 2.43. The van der Waals surface area contributed by atoms with Crippen molar-refractivity contribution in [2.45, 2.75) is 44.6 Å². The third-order valence-corrected chi connectivity index (χ3v) is 4.09. The Labute approximate surface area is 87.9 Å². The van der Waals surface area contributed by atoms with E-state index in [0.717, 1.165) is 30.8 Å². The first-order valence-corrected chi connectivity index (χ1v) is 5.93. The lowest BCUT2D eigenvalue weighted by molar-refractivity contribution is 0.156. The molecule has 2 aliphatic rings. The summed E-state index contributed by atoms with van der Waals surface area (Å²) in [6.45, 7) is 1.08. The predicted molar refractivity (Wildman–Crippen MR) is 59.9 cm³/mol. The molecule has 0 amide bonds. The smallest absolute Gasteiger partial charge is 0.0214 e. The van der Waals surface area contributed by atoms with E-state index < -0.39 is 0 Å². The summed E-state index contributed by atoms with van der Waals surface area (Å²) >= 11 is 0. The van der Waals surface area contributed by atoms with Gasteiger partial charge in [0.05, 0.1) is 0 Å². The van der Waals surface area contributed by atoms with E-state index in [9.17, 15) is 0 Å². The molecule has 2 aliphatic carbocycles. The minimum atomic E-state index is 0.828. The zero-order chi connectivity index (χ0) is 9.97. The summed E-state index contributed by atoms with van der Waals surface area (Å²) in [5.74, 6) is 4.80. The van der Waals surface area contributed by atoms with Gasteiger partial charge in [0.15, 0.2) is 0 Å². The van der Waals surface area contributed by atoms with Gasteiger partial charge in [-0.15, -0.1) is 12.3 Å². The molecule has 0 aromatic carbocycles. The topological polar surface area (TPSA) is 3.24 Å². The molecular weight excluding hydrogens is 170 g/mol. The molecule has 0 aromatic heterocycles. The summed E-state index contributed by atoms with van der Waals surface area (Å²) in [7, 11) is 2.24. The highest BCUT2D eigenvalue weighted by molar-refractivity contribution is 4.90. The van der Waals surface area contributed by atoms with Crippen molar-refractivity contribution in [2.24, 2.45) is 11.8 Å². The van der Waals surface area contributed by atoms with Crippen LogP contribution in [0.3, 0.4) is 0 Å². The van der Waals surface area contributed by atoms with Crippen LogP contribution in [0.25, 0.3) is 0 Å². The van der Waals surface area contributed by atoms with Crippen molar-refractivity contribution in [3.8, 4) is 12.3 Å². The fraction of sp³-hybridized carbons (Fsp3) is 0.846. The van der Waals surface area contributed by atoms with E-state index in [1.807, 2.05) is 0 Å². The Morgan fingerprint density at radius 3 is 2.43 bits per heavy atom. The second-order valence-corrected chi connectivity index (χ2v) is 5.11. The van der Waals surface area contributed by atoms with Gasteiger partial charge in [-0.05, 0) is 38.1 Å². The van der Waals surface area contributed by atoms with Gasteiger partial charge in [0.25, 0.3) is 0 Å². The average molecular weight is 191 g/mol. The van der Waals surface area contributed by atoms with Gasteiger partial charge < -0.3 is 4.90 Å². The van der Waals surface area contributed by atoms with Crippen molar-refractivity contribution in [3.05, 3.63) is 0 Å². The van der Waals surface area contributed by atoms with E-state index in [-0.39, 0.29) is 0 Å². The number of rotatable bonds is 3. The normalized spacial score (nSPS) is 35.9. The molecule has 1 heteroatoms. The molecule has 0 saturated heterocycles. The van der Waals surface area contributed by atoms with E-state index in [1.165, 1.54) is 32.1 Å². The van der Waals surface area contributed by atoms with Gasteiger partial charge >= 0.3 is 0 Å². The summed E-state index contributed by atoms with van der Waals surface area (Å²) in [4.78, 5) is 2.49. The Balaban J connectivity index is 1.83. The van der Waals surface area contributed by atoms with Crippen LogP contribution in [0.4, 0.5) is 0 Å². The number of fused-ring (bicyclic) bond motifs is 2. The average Bonchev–Trinajstić information content (AvgIpc) is 2.54. The van der Waals surface area contributed by atoms with Gasteiger partial charge in [-0.25, -0.2) is 0 Å². The molecule has 78 valence electrons. The van der Waals surface area contributed by atoms with Gasteiger partial charge in [-0.2, -0.15) is 0 Å².